The highest BCUT2D eigenvalue weighted by atomic mass is 32.1. The van der Waals surface area contributed by atoms with Crippen molar-refractivity contribution in [1.82, 2.24) is 5.32 Å². The quantitative estimate of drug-likeness (QED) is 0.809. The zero-order valence-electron chi connectivity index (χ0n) is 12.8. The van der Waals surface area contributed by atoms with E-state index in [1.54, 1.807) is 0 Å². The van der Waals surface area contributed by atoms with Gasteiger partial charge in [-0.1, -0.05) is 37.3 Å². The van der Waals surface area contributed by atoms with Gasteiger partial charge in [-0.15, -0.1) is 11.3 Å². The molecule has 0 unspecified atom stereocenters. The summed E-state index contributed by atoms with van der Waals surface area (Å²) in [6.45, 7) is 2.18. The topological polar surface area (TPSA) is 75.6 Å². The van der Waals surface area contributed by atoms with Crippen LogP contribution in [0.1, 0.15) is 34.7 Å². The fourth-order valence-electron chi connectivity index (χ4n) is 2.08. The van der Waals surface area contributed by atoms with E-state index in [1.807, 2.05) is 49.4 Å². The molecule has 0 aliphatic carbocycles. The first-order valence-corrected chi connectivity index (χ1v) is 8.17. The summed E-state index contributed by atoms with van der Waals surface area (Å²) in [5, 5.41) is 11.7. The standard InChI is InChI=1S/C17H19NO4S/c1-2-13-8-9-15(23-13)14(10-16(19)20)18-17(21)22-11-12-6-4-3-5-7-12/h3-9,14H,2,10-11H2,1H3,(H,18,21)(H,19,20)/t14-/m1/s1. The van der Waals surface area contributed by atoms with E-state index in [1.165, 1.54) is 11.3 Å². The largest absolute Gasteiger partial charge is 0.481 e. The summed E-state index contributed by atoms with van der Waals surface area (Å²) in [6.07, 6.45) is 0.0825. The number of hydrogen-bond donors (Lipinski definition) is 2. The van der Waals surface area contributed by atoms with Crippen LogP contribution in [0.2, 0.25) is 0 Å². The van der Waals surface area contributed by atoms with Gasteiger partial charge in [-0.2, -0.15) is 0 Å². The van der Waals surface area contributed by atoms with Gasteiger partial charge in [0.15, 0.2) is 0 Å². The van der Waals surface area contributed by atoms with E-state index >= 15 is 0 Å². The molecular formula is C17H19NO4S. The van der Waals surface area contributed by atoms with E-state index in [0.717, 1.165) is 21.7 Å². The number of aliphatic carboxylic acids is 1. The molecule has 23 heavy (non-hydrogen) atoms. The van der Waals surface area contributed by atoms with Crippen LogP contribution in [0.3, 0.4) is 0 Å². The van der Waals surface area contributed by atoms with Crippen molar-refractivity contribution in [2.24, 2.45) is 0 Å². The third-order valence-corrected chi connectivity index (χ3v) is 4.60. The molecular weight excluding hydrogens is 314 g/mol. The average molecular weight is 333 g/mol. The summed E-state index contributed by atoms with van der Waals surface area (Å²) in [5.41, 5.74) is 0.877. The molecule has 2 rings (SSSR count). The van der Waals surface area contributed by atoms with Gasteiger partial charge in [0.2, 0.25) is 0 Å². The molecule has 0 saturated heterocycles. The SMILES string of the molecule is CCc1ccc([C@@H](CC(=O)O)NC(=O)OCc2ccccc2)s1. The molecule has 0 bridgehead atoms. The predicted octanol–water partition coefficient (Wildman–Crippen LogP) is 3.75. The van der Waals surface area contributed by atoms with Crippen LogP contribution in [-0.2, 0) is 22.6 Å². The van der Waals surface area contributed by atoms with Crippen LogP contribution in [0.25, 0.3) is 0 Å². The van der Waals surface area contributed by atoms with E-state index in [2.05, 4.69) is 5.32 Å². The fourth-order valence-corrected chi connectivity index (χ4v) is 3.08. The zero-order chi connectivity index (χ0) is 16.7. The molecule has 2 N–H and O–H groups in total. The smallest absolute Gasteiger partial charge is 0.407 e. The Balaban J connectivity index is 1.96. The number of carboxylic acids is 1. The highest BCUT2D eigenvalue weighted by Gasteiger charge is 2.20. The van der Waals surface area contributed by atoms with Crippen molar-refractivity contribution in [3.8, 4) is 0 Å². The van der Waals surface area contributed by atoms with Crippen LogP contribution < -0.4 is 5.32 Å². The van der Waals surface area contributed by atoms with Crippen molar-refractivity contribution in [2.45, 2.75) is 32.4 Å². The lowest BCUT2D eigenvalue weighted by atomic mass is 10.2. The van der Waals surface area contributed by atoms with Gasteiger partial charge in [-0.05, 0) is 24.1 Å². The zero-order valence-corrected chi connectivity index (χ0v) is 13.6. The maximum atomic E-state index is 11.9. The lowest BCUT2D eigenvalue weighted by molar-refractivity contribution is -0.137. The second-order valence-corrected chi connectivity index (χ2v) is 6.21. The molecule has 2 aromatic rings. The van der Waals surface area contributed by atoms with Crippen molar-refractivity contribution in [2.75, 3.05) is 0 Å². The van der Waals surface area contributed by atoms with Gasteiger partial charge >= 0.3 is 12.1 Å². The van der Waals surface area contributed by atoms with Crippen molar-refractivity contribution in [3.63, 3.8) is 0 Å². The molecule has 1 atom stereocenters. The molecule has 0 aliphatic heterocycles. The van der Waals surface area contributed by atoms with Crippen molar-refractivity contribution in [3.05, 3.63) is 57.8 Å². The first-order chi connectivity index (χ1) is 11.1. The number of hydrogen-bond acceptors (Lipinski definition) is 4. The molecule has 6 heteroatoms. The minimum atomic E-state index is -0.968. The van der Waals surface area contributed by atoms with Gasteiger partial charge in [-0.25, -0.2) is 4.79 Å². The van der Waals surface area contributed by atoms with E-state index in [-0.39, 0.29) is 13.0 Å². The van der Waals surface area contributed by atoms with Crippen LogP contribution in [0, 0.1) is 0 Å². The number of carboxylic acid groups (broad SMARTS) is 1. The number of alkyl carbamates (subject to hydrolysis) is 1. The third kappa shape index (κ3) is 5.41. The van der Waals surface area contributed by atoms with E-state index in [4.69, 9.17) is 9.84 Å². The lowest BCUT2D eigenvalue weighted by Crippen LogP contribution is -2.30. The third-order valence-electron chi connectivity index (χ3n) is 3.26. The maximum Gasteiger partial charge on any atom is 0.407 e. The molecule has 0 spiro atoms. The Morgan fingerprint density at radius 1 is 1.22 bits per heavy atom. The van der Waals surface area contributed by atoms with Crippen molar-refractivity contribution >= 4 is 23.4 Å². The summed E-state index contributed by atoms with van der Waals surface area (Å²) in [5.74, 6) is -0.968. The van der Waals surface area contributed by atoms with Crippen LogP contribution in [0.4, 0.5) is 4.79 Å². The Morgan fingerprint density at radius 3 is 2.57 bits per heavy atom. The molecule has 0 aliphatic rings. The normalized spacial score (nSPS) is 11.7. The van der Waals surface area contributed by atoms with E-state index in [0.29, 0.717) is 0 Å². The number of thiophene rings is 1. The number of aryl methyl sites for hydroxylation is 1. The number of rotatable bonds is 7. The number of carbonyl (C=O) groups is 2. The van der Waals surface area contributed by atoms with Crippen molar-refractivity contribution in [1.29, 1.82) is 0 Å². The number of benzene rings is 1. The molecule has 1 aromatic carbocycles. The highest BCUT2D eigenvalue weighted by molar-refractivity contribution is 7.12. The van der Waals surface area contributed by atoms with Gasteiger partial charge in [0.1, 0.15) is 6.61 Å². The lowest BCUT2D eigenvalue weighted by Gasteiger charge is -2.15. The number of nitrogens with one attached hydrogen (secondary N) is 1. The van der Waals surface area contributed by atoms with Crippen molar-refractivity contribution < 1.29 is 19.4 Å². The van der Waals surface area contributed by atoms with E-state index in [9.17, 15) is 9.59 Å². The second kappa shape index (κ2) is 8.33. The molecule has 1 amide bonds. The number of ether oxygens (including phenoxy) is 1. The first kappa shape index (κ1) is 17.0. The minimum absolute atomic E-state index is 0.150. The Bertz CT molecular complexity index is 654. The second-order valence-electron chi connectivity index (χ2n) is 5.01. The summed E-state index contributed by atoms with van der Waals surface area (Å²) in [7, 11) is 0. The molecule has 0 radical (unpaired) electrons. The monoisotopic (exact) mass is 333 g/mol. The van der Waals surface area contributed by atoms with Gasteiger partial charge in [0.05, 0.1) is 12.5 Å². The van der Waals surface area contributed by atoms with Gasteiger partial charge < -0.3 is 15.2 Å². The molecule has 1 heterocycles. The highest BCUT2D eigenvalue weighted by Crippen LogP contribution is 2.26. The maximum absolute atomic E-state index is 11.9. The van der Waals surface area contributed by atoms with Crippen LogP contribution in [-0.4, -0.2) is 17.2 Å². The molecule has 5 nitrogen and oxygen atoms in total. The number of amides is 1. The van der Waals surface area contributed by atoms with Gasteiger partial charge in [0.25, 0.3) is 0 Å². The summed E-state index contributed by atoms with van der Waals surface area (Å²) in [6, 6.07) is 12.5. The predicted molar refractivity (Wildman–Crippen MR) is 88.5 cm³/mol. The number of carbonyl (C=O) groups excluding carboxylic acids is 1. The first-order valence-electron chi connectivity index (χ1n) is 7.36. The van der Waals surface area contributed by atoms with Crippen LogP contribution in [0.15, 0.2) is 42.5 Å². The molecule has 0 fully saturated rings. The Morgan fingerprint density at radius 2 is 1.96 bits per heavy atom. The Labute approximate surface area is 138 Å². The molecule has 122 valence electrons. The fraction of sp³-hybridized carbons (Fsp3) is 0.294. The summed E-state index contributed by atoms with van der Waals surface area (Å²) < 4.78 is 5.16. The molecule has 0 saturated carbocycles. The molecule has 1 aromatic heterocycles. The van der Waals surface area contributed by atoms with Crippen LogP contribution >= 0.6 is 11.3 Å². The summed E-state index contributed by atoms with van der Waals surface area (Å²) in [4.78, 5) is 24.9. The summed E-state index contributed by atoms with van der Waals surface area (Å²) >= 11 is 1.51. The minimum Gasteiger partial charge on any atom is -0.481 e. The van der Waals surface area contributed by atoms with Gasteiger partial charge in [-0.3, -0.25) is 4.79 Å². The van der Waals surface area contributed by atoms with E-state index < -0.39 is 18.1 Å². The average Bonchev–Trinajstić information content (AvgIpc) is 3.02. The van der Waals surface area contributed by atoms with Gasteiger partial charge in [0, 0.05) is 9.75 Å². The Kier molecular flexibility index (Phi) is 6.17. The van der Waals surface area contributed by atoms with Crippen LogP contribution in [0.5, 0.6) is 0 Å². The Hall–Kier alpha value is -2.34.